The van der Waals surface area contributed by atoms with Gasteiger partial charge in [-0.25, -0.2) is 0 Å². The third kappa shape index (κ3) is 9.43. The van der Waals surface area contributed by atoms with E-state index in [1.165, 1.54) is 0 Å². The van der Waals surface area contributed by atoms with Gasteiger partial charge in [0, 0.05) is 31.5 Å². The Balaban J connectivity index is 0.00000506. The zero-order chi connectivity index (χ0) is 30.1. The molecular weight excluding hydrogens is 564 g/mol. The molecule has 3 amide bonds. The quantitative estimate of drug-likeness (QED) is 0.260. The van der Waals surface area contributed by atoms with Crippen LogP contribution in [0.1, 0.15) is 51.2 Å². The summed E-state index contributed by atoms with van der Waals surface area (Å²) in [5.41, 5.74) is 1.54. The maximum Gasteiger partial charge on any atom is 0.243 e. The van der Waals surface area contributed by atoms with Crippen molar-refractivity contribution in [2.75, 3.05) is 26.7 Å². The summed E-state index contributed by atoms with van der Waals surface area (Å²) in [7, 11) is 1.65. The van der Waals surface area contributed by atoms with E-state index >= 15 is 0 Å². The van der Waals surface area contributed by atoms with Crippen LogP contribution in [0, 0.1) is 5.41 Å². The van der Waals surface area contributed by atoms with Gasteiger partial charge in [-0.2, -0.15) is 0 Å². The number of carbonyl (C=O) groups is 3. The van der Waals surface area contributed by atoms with Crippen LogP contribution in [-0.4, -0.2) is 61.4 Å². The van der Waals surface area contributed by atoms with E-state index < -0.39 is 17.5 Å². The van der Waals surface area contributed by atoms with Crippen molar-refractivity contribution in [3.05, 3.63) is 77.9 Å². The number of ether oxygens (including phenoxy) is 1. The second-order valence-corrected chi connectivity index (χ2v) is 12.0. The van der Waals surface area contributed by atoms with Crippen LogP contribution in [0.25, 0.3) is 10.8 Å². The fourth-order valence-electron chi connectivity index (χ4n) is 5.32. The maximum absolute atomic E-state index is 13.5. The fourth-order valence-corrected chi connectivity index (χ4v) is 5.32. The Hall–Kier alpha value is -3.62. The van der Waals surface area contributed by atoms with Gasteiger partial charge in [-0.05, 0) is 59.8 Å². The van der Waals surface area contributed by atoms with Crippen LogP contribution in [0.15, 0.2) is 66.7 Å². The molecule has 0 saturated carbocycles. The molecule has 9 heteroatoms. The molecule has 0 bridgehead atoms. The van der Waals surface area contributed by atoms with Gasteiger partial charge in [-0.1, -0.05) is 75.4 Å². The van der Waals surface area contributed by atoms with Crippen molar-refractivity contribution in [1.29, 1.82) is 0 Å². The highest BCUT2D eigenvalue weighted by molar-refractivity contribution is 5.93. The summed E-state index contributed by atoms with van der Waals surface area (Å²) in [6.45, 7) is 8.10. The van der Waals surface area contributed by atoms with Crippen molar-refractivity contribution in [3.8, 4) is 5.75 Å². The van der Waals surface area contributed by atoms with Gasteiger partial charge < -0.3 is 25.6 Å². The molecule has 1 fully saturated rings. The number of nitrogens with zero attached hydrogens (tertiary/aromatic N) is 1. The van der Waals surface area contributed by atoms with E-state index in [-0.39, 0.29) is 30.1 Å². The number of hydrogen-bond donors (Lipinski definition) is 3. The first-order chi connectivity index (χ1) is 20.2. The molecule has 8 nitrogen and oxygen atoms in total. The number of methoxy groups -OCH3 is 1. The number of halogens is 1. The minimum absolute atomic E-state index is 0. The SMILES string of the molecule is COc1ccc(CNCCCNC(=O)[C@@H](Cc2ccc3ccccc3c2)NC(=O)[C@@H]2CCCN2C(=O)C(C)(C)C)cc1.Cl. The van der Waals surface area contributed by atoms with E-state index in [0.717, 1.165) is 53.6 Å². The summed E-state index contributed by atoms with van der Waals surface area (Å²) in [5.74, 6) is 0.289. The molecule has 1 saturated heterocycles. The minimum Gasteiger partial charge on any atom is -0.497 e. The van der Waals surface area contributed by atoms with E-state index in [1.807, 2.05) is 75.4 Å². The molecule has 2 atom stereocenters. The number of likely N-dealkylation sites (tertiary alicyclic amines) is 1. The van der Waals surface area contributed by atoms with Crippen molar-refractivity contribution in [1.82, 2.24) is 20.9 Å². The predicted octanol–water partition coefficient (Wildman–Crippen LogP) is 4.63. The summed E-state index contributed by atoms with van der Waals surface area (Å²) >= 11 is 0. The lowest BCUT2D eigenvalue weighted by Crippen LogP contribution is -2.55. The lowest BCUT2D eigenvalue weighted by Gasteiger charge is -2.31. The third-order valence-electron chi connectivity index (χ3n) is 7.66. The standard InChI is InChI=1S/C34H44N4O4.ClH/c1-34(2,3)33(41)38-20-7-11-30(38)32(40)37-29(22-25-12-15-26-9-5-6-10-27(26)21-25)31(39)36-19-8-18-35-23-24-13-16-28(42-4)17-14-24;/h5-6,9-10,12-17,21,29-30,35H,7-8,11,18-20,22-23H2,1-4H3,(H,36,39)(H,37,40);1H/t29-,30+;/m1./s1. The highest BCUT2D eigenvalue weighted by atomic mass is 35.5. The monoisotopic (exact) mass is 608 g/mol. The van der Waals surface area contributed by atoms with E-state index in [1.54, 1.807) is 12.0 Å². The molecule has 4 rings (SSSR count). The van der Waals surface area contributed by atoms with Crippen LogP contribution >= 0.6 is 12.4 Å². The Bertz CT molecular complexity index is 1370. The molecule has 3 N–H and O–H groups in total. The third-order valence-corrected chi connectivity index (χ3v) is 7.66. The van der Waals surface area contributed by atoms with Gasteiger partial charge >= 0.3 is 0 Å². The summed E-state index contributed by atoms with van der Waals surface area (Å²) in [6.07, 6.45) is 2.47. The number of fused-ring (bicyclic) bond motifs is 1. The lowest BCUT2D eigenvalue weighted by atomic mass is 9.94. The summed E-state index contributed by atoms with van der Waals surface area (Å²) in [6, 6.07) is 20.8. The van der Waals surface area contributed by atoms with Crippen molar-refractivity contribution >= 4 is 40.9 Å². The number of nitrogens with one attached hydrogen (secondary N) is 3. The second kappa shape index (κ2) is 15.7. The average Bonchev–Trinajstić information content (AvgIpc) is 3.48. The van der Waals surface area contributed by atoms with Gasteiger partial charge in [0.05, 0.1) is 7.11 Å². The molecule has 0 aromatic heterocycles. The largest absolute Gasteiger partial charge is 0.497 e. The van der Waals surface area contributed by atoms with Crippen molar-refractivity contribution in [2.24, 2.45) is 5.41 Å². The van der Waals surface area contributed by atoms with Crippen molar-refractivity contribution < 1.29 is 19.1 Å². The maximum atomic E-state index is 13.5. The molecule has 43 heavy (non-hydrogen) atoms. The molecule has 0 spiro atoms. The number of carbonyl (C=O) groups excluding carboxylic acids is 3. The Morgan fingerprint density at radius 2 is 1.65 bits per heavy atom. The van der Waals surface area contributed by atoms with Gasteiger partial charge in [0.15, 0.2) is 0 Å². The topological polar surface area (TPSA) is 99.8 Å². The van der Waals surface area contributed by atoms with E-state index in [0.29, 0.717) is 25.9 Å². The second-order valence-electron chi connectivity index (χ2n) is 12.0. The van der Waals surface area contributed by atoms with Crippen LogP contribution in [0.5, 0.6) is 5.75 Å². The van der Waals surface area contributed by atoms with Crippen LogP contribution in [0.3, 0.4) is 0 Å². The van der Waals surface area contributed by atoms with Crippen LogP contribution in [0.4, 0.5) is 0 Å². The zero-order valence-electron chi connectivity index (χ0n) is 25.7. The summed E-state index contributed by atoms with van der Waals surface area (Å²) in [5, 5.41) is 11.6. The Morgan fingerprint density at radius 1 is 0.953 bits per heavy atom. The Labute approximate surface area is 261 Å². The molecule has 3 aromatic rings. The molecule has 1 aliphatic heterocycles. The average molecular weight is 609 g/mol. The molecule has 0 aliphatic carbocycles. The highest BCUT2D eigenvalue weighted by Crippen LogP contribution is 2.26. The van der Waals surface area contributed by atoms with Gasteiger partial charge in [-0.3, -0.25) is 14.4 Å². The van der Waals surface area contributed by atoms with Gasteiger partial charge in [0.2, 0.25) is 17.7 Å². The minimum atomic E-state index is -0.752. The van der Waals surface area contributed by atoms with Crippen LogP contribution < -0.4 is 20.7 Å². The first kappa shape index (κ1) is 33.9. The fraction of sp³-hybridized carbons (Fsp3) is 0.441. The summed E-state index contributed by atoms with van der Waals surface area (Å²) in [4.78, 5) is 41.6. The van der Waals surface area contributed by atoms with Crippen molar-refractivity contribution in [3.63, 3.8) is 0 Å². The Morgan fingerprint density at radius 3 is 2.35 bits per heavy atom. The van der Waals surface area contributed by atoms with E-state index in [2.05, 4.69) is 28.1 Å². The normalized spacial score (nSPS) is 15.4. The predicted molar refractivity (Wildman–Crippen MR) is 173 cm³/mol. The molecule has 1 aliphatic rings. The first-order valence-electron chi connectivity index (χ1n) is 14.9. The number of rotatable bonds is 12. The van der Waals surface area contributed by atoms with Gasteiger partial charge in [-0.15, -0.1) is 12.4 Å². The smallest absolute Gasteiger partial charge is 0.243 e. The number of benzene rings is 3. The van der Waals surface area contributed by atoms with Crippen LogP contribution in [0.2, 0.25) is 0 Å². The summed E-state index contributed by atoms with van der Waals surface area (Å²) < 4.78 is 5.20. The molecule has 0 unspecified atom stereocenters. The van der Waals surface area contributed by atoms with Gasteiger partial charge in [0.25, 0.3) is 0 Å². The highest BCUT2D eigenvalue weighted by Gasteiger charge is 2.39. The first-order valence-corrected chi connectivity index (χ1v) is 14.9. The van der Waals surface area contributed by atoms with Gasteiger partial charge in [0.1, 0.15) is 17.8 Å². The molecular formula is C34H45ClN4O4. The number of amides is 3. The Kier molecular flexibility index (Phi) is 12.4. The van der Waals surface area contributed by atoms with E-state index in [9.17, 15) is 14.4 Å². The number of hydrogen-bond acceptors (Lipinski definition) is 5. The molecule has 232 valence electrons. The molecule has 3 aromatic carbocycles. The lowest BCUT2D eigenvalue weighted by molar-refractivity contribution is -0.145. The van der Waals surface area contributed by atoms with Crippen LogP contribution in [-0.2, 0) is 27.3 Å². The molecule has 0 radical (unpaired) electrons. The van der Waals surface area contributed by atoms with Crippen molar-refractivity contribution in [2.45, 2.75) is 65.1 Å². The van der Waals surface area contributed by atoms with E-state index in [4.69, 9.17) is 4.74 Å². The zero-order valence-corrected chi connectivity index (χ0v) is 26.5. The molecule has 1 heterocycles.